The van der Waals surface area contributed by atoms with Crippen molar-refractivity contribution in [2.45, 2.75) is 52.0 Å². The van der Waals surface area contributed by atoms with Crippen molar-refractivity contribution < 1.29 is 9.21 Å². The number of carbonyl (C=O) groups excluding carboxylic acids is 1. The van der Waals surface area contributed by atoms with Crippen LogP contribution in [0.25, 0.3) is 0 Å². The van der Waals surface area contributed by atoms with E-state index in [0.29, 0.717) is 17.7 Å². The number of furan rings is 1. The minimum Gasteiger partial charge on any atom is -0.465 e. The highest BCUT2D eigenvalue weighted by Crippen LogP contribution is 2.40. The Balaban J connectivity index is 1.30. The van der Waals surface area contributed by atoms with Gasteiger partial charge >= 0.3 is 0 Å². The average molecular weight is 382 g/mol. The van der Waals surface area contributed by atoms with Crippen molar-refractivity contribution in [1.82, 2.24) is 14.8 Å². The first-order valence-electron chi connectivity index (χ1n) is 10.6. The molecule has 0 atom stereocenters. The molecule has 2 fully saturated rings. The summed E-state index contributed by atoms with van der Waals surface area (Å²) in [5, 5.41) is 0. The summed E-state index contributed by atoms with van der Waals surface area (Å²) in [5.41, 5.74) is 1.51. The molecule has 0 aromatic carbocycles. The molecular formula is C23H31N3O2. The number of nitrogens with zero attached hydrogens (tertiary/aromatic N) is 3. The number of piperidine rings is 2. The van der Waals surface area contributed by atoms with Crippen LogP contribution in [0.4, 0.5) is 0 Å². The predicted octanol–water partition coefficient (Wildman–Crippen LogP) is 3.68. The minimum atomic E-state index is 0.303. The lowest BCUT2D eigenvalue weighted by molar-refractivity contribution is -0.139. The molecule has 28 heavy (non-hydrogen) atoms. The number of carbonyl (C=O) groups is 1. The van der Waals surface area contributed by atoms with E-state index in [-0.39, 0.29) is 0 Å². The average Bonchev–Trinajstić information content (AvgIpc) is 3.19. The maximum absolute atomic E-state index is 12.5. The Morgan fingerprint density at radius 1 is 1.14 bits per heavy atom. The predicted molar refractivity (Wildman–Crippen MR) is 109 cm³/mol. The first-order valence-corrected chi connectivity index (χ1v) is 10.6. The van der Waals surface area contributed by atoms with E-state index in [1.54, 1.807) is 6.20 Å². The number of likely N-dealkylation sites (tertiary alicyclic amines) is 2. The molecule has 5 nitrogen and oxygen atoms in total. The number of rotatable bonds is 6. The zero-order valence-electron chi connectivity index (χ0n) is 16.9. The van der Waals surface area contributed by atoms with Crippen LogP contribution in [0.5, 0.6) is 0 Å². The standard InChI is InChI=1S/C23H31N3O2/c1-2-20-5-6-21(28-20)17-25-14-10-23(11-15-25)9-7-22(27)26(18-23)13-8-19-4-3-12-24-16-19/h3-6,12,16H,2,7-11,13-15,17-18H2,1H3. The highest BCUT2D eigenvalue weighted by Gasteiger charge is 2.40. The third kappa shape index (κ3) is 4.46. The molecule has 2 aliphatic heterocycles. The molecule has 0 saturated carbocycles. The quantitative estimate of drug-likeness (QED) is 0.766. The Bertz CT molecular complexity index is 778. The lowest BCUT2D eigenvalue weighted by Gasteiger charge is -2.47. The highest BCUT2D eigenvalue weighted by molar-refractivity contribution is 5.77. The fourth-order valence-electron chi connectivity index (χ4n) is 4.63. The molecule has 4 heterocycles. The molecule has 0 aliphatic carbocycles. The minimum absolute atomic E-state index is 0.303. The van der Waals surface area contributed by atoms with Gasteiger partial charge < -0.3 is 9.32 Å². The van der Waals surface area contributed by atoms with E-state index >= 15 is 0 Å². The second kappa shape index (κ2) is 8.48. The number of hydrogen-bond acceptors (Lipinski definition) is 4. The Morgan fingerprint density at radius 3 is 2.68 bits per heavy atom. The van der Waals surface area contributed by atoms with Gasteiger partial charge in [0.1, 0.15) is 11.5 Å². The molecule has 150 valence electrons. The van der Waals surface area contributed by atoms with Crippen LogP contribution in [0.2, 0.25) is 0 Å². The zero-order valence-corrected chi connectivity index (χ0v) is 16.9. The molecular weight excluding hydrogens is 350 g/mol. The molecule has 2 aromatic rings. The normalized spacial score (nSPS) is 20.0. The molecule has 2 aromatic heterocycles. The van der Waals surface area contributed by atoms with Gasteiger partial charge in [0.25, 0.3) is 0 Å². The number of hydrogen-bond donors (Lipinski definition) is 0. The highest BCUT2D eigenvalue weighted by atomic mass is 16.3. The fraction of sp³-hybridized carbons (Fsp3) is 0.565. The van der Waals surface area contributed by atoms with Crippen molar-refractivity contribution in [3.63, 3.8) is 0 Å². The van der Waals surface area contributed by atoms with E-state index in [0.717, 1.165) is 63.5 Å². The Kier molecular flexibility index (Phi) is 5.81. The first-order chi connectivity index (χ1) is 13.7. The van der Waals surface area contributed by atoms with Gasteiger partial charge in [0, 0.05) is 38.3 Å². The van der Waals surface area contributed by atoms with Crippen LogP contribution in [-0.4, -0.2) is 46.9 Å². The number of pyridine rings is 1. The van der Waals surface area contributed by atoms with Crippen molar-refractivity contribution in [3.8, 4) is 0 Å². The summed E-state index contributed by atoms with van der Waals surface area (Å²) >= 11 is 0. The van der Waals surface area contributed by atoms with Gasteiger partial charge in [-0.25, -0.2) is 0 Å². The Hall–Kier alpha value is -2.14. The molecule has 0 N–H and O–H groups in total. The number of amides is 1. The summed E-state index contributed by atoms with van der Waals surface area (Å²) in [7, 11) is 0. The van der Waals surface area contributed by atoms with Crippen LogP contribution in [0.1, 0.15) is 49.7 Å². The van der Waals surface area contributed by atoms with Crippen molar-refractivity contribution in [1.29, 1.82) is 0 Å². The van der Waals surface area contributed by atoms with Crippen molar-refractivity contribution >= 4 is 5.91 Å². The van der Waals surface area contributed by atoms with Gasteiger partial charge in [-0.3, -0.25) is 14.7 Å². The van der Waals surface area contributed by atoms with Gasteiger partial charge in [-0.1, -0.05) is 13.0 Å². The first kappa shape index (κ1) is 19.2. The molecule has 0 unspecified atom stereocenters. The van der Waals surface area contributed by atoms with E-state index in [1.807, 2.05) is 12.3 Å². The van der Waals surface area contributed by atoms with Crippen LogP contribution in [0.3, 0.4) is 0 Å². The van der Waals surface area contributed by atoms with Gasteiger partial charge in [-0.2, -0.15) is 0 Å². The van der Waals surface area contributed by atoms with Crippen LogP contribution in [-0.2, 0) is 24.2 Å². The molecule has 1 spiro atoms. The monoisotopic (exact) mass is 381 g/mol. The molecule has 0 radical (unpaired) electrons. The topological polar surface area (TPSA) is 49.6 Å². The van der Waals surface area contributed by atoms with E-state index in [1.165, 1.54) is 18.4 Å². The van der Waals surface area contributed by atoms with Gasteiger partial charge in [0.15, 0.2) is 0 Å². The summed E-state index contributed by atoms with van der Waals surface area (Å²) in [6.07, 6.45) is 9.63. The number of aromatic nitrogens is 1. The molecule has 4 rings (SSSR count). The second-order valence-electron chi connectivity index (χ2n) is 8.42. The van der Waals surface area contributed by atoms with Gasteiger partial charge in [-0.05, 0) is 68.0 Å². The third-order valence-electron chi connectivity index (χ3n) is 6.50. The zero-order chi connectivity index (χ0) is 19.4. The summed E-state index contributed by atoms with van der Waals surface area (Å²) in [6.45, 7) is 6.93. The summed E-state index contributed by atoms with van der Waals surface area (Å²) in [4.78, 5) is 21.3. The smallest absolute Gasteiger partial charge is 0.222 e. The third-order valence-corrected chi connectivity index (χ3v) is 6.50. The Morgan fingerprint density at radius 2 is 1.96 bits per heavy atom. The van der Waals surface area contributed by atoms with Crippen molar-refractivity contribution in [2.24, 2.45) is 5.41 Å². The van der Waals surface area contributed by atoms with E-state index in [2.05, 4.69) is 39.9 Å². The SMILES string of the molecule is CCc1ccc(CN2CCC3(CCC(=O)N(CCc4cccnc4)C3)CC2)o1. The molecule has 2 saturated heterocycles. The molecule has 2 aliphatic rings. The van der Waals surface area contributed by atoms with Crippen molar-refractivity contribution in [2.75, 3.05) is 26.2 Å². The van der Waals surface area contributed by atoms with Gasteiger partial charge in [0.2, 0.25) is 5.91 Å². The lowest BCUT2D eigenvalue weighted by atomic mass is 9.72. The van der Waals surface area contributed by atoms with Gasteiger partial charge in [0.05, 0.1) is 6.54 Å². The Labute approximate surface area is 167 Å². The number of aryl methyl sites for hydroxylation is 1. The second-order valence-corrected chi connectivity index (χ2v) is 8.42. The van der Waals surface area contributed by atoms with Crippen LogP contribution in [0, 0.1) is 5.41 Å². The summed E-state index contributed by atoms with van der Waals surface area (Å²) in [5.74, 6) is 2.46. The van der Waals surface area contributed by atoms with Crippen LogP contribution >= 0.6 is 0 Å². The largest absolute Gasteiger partial charge is 0.465 e. The van der Waals surface area contributed by atoms with E-state index in [9.17, 15) is 4.79 Å². The fourth-order valence-corrected chi connectivity index (χ4v) is 4.63. The maximum Gasteiger partial charge on any atom is 0.222 e. The maximum atomic E-state index is 12.5. The summed E-state index contributed by atoms with van der Waals surface area (Å²) < 4.78 is 5.88. The van der Waals surface area contributed by atoms with Crippen LogP contribution < -0.4 is 0 Å². The molecule has 0 bridgehead atoms. The summed E-state index contributed by atoms with van der Waals surface area (Å²) in [6, 6.07) is 8.26. The van der Waals surface area contributed by atoms with Crippen LogP contribution in [0.15, 0.2) is 41.1 Å². The lowest BCUT2D eigenvalue weighted by Crippen LogP contribution is -2.51. The molecule has 1 amide bonds. The van der Waals surface area contributed by atoms with Crippen molar-refractivity contribution in [3.05, 3.63) is 53.7 Å². The van der Waals surface area contributed by atoms with E-state index in [4.69, 9.17) is 4.42 Å². The van der Waals surface area contributed by atoms with E-state index < -0.39 is 0 Å². The van der Waals surface area contributed by atoms with Gasteiger partial charge in [-0.15, -0.1) is 0 Å². The molecule has 5 heteroatoms.